The van der Waals surface area contributed by atoms with E-state index in [2.05, 4.69) is 82.3 Å². The molecule has 0 aliphatic heterocycles. The minimum atomic E-state index is -0.0896. The Morgan fingerprint density at radius 1 is 0.885 bits per heavy atom. The third kappa shape index (κ3) is 2.95. The average molecular weight is 523 g/mol. The van der Waals surface area contributed by atoms with E-state index in [1.807, 2.05) is 6.07 Å². The normalized spacial score (nSPS) is 12.7. The van der Waals surface area contributed by atoms with E-state index >= 15 is 0 Å². The third-order valence-corrected chi connectivity index (χ3v) is 4.68. The van der Waals surface area contributed by atoms with Crippen LogP contribution in [0.1, 0.15) is 52.9 Å². The minimum absolute atomic E-state index is 0. The summed E-state index contributed by atoms with van der Waals surface area (Å²) < 4.78 is 2.20. The van der Waals surface area contributed by atoms with Crippen molar-refractivity contribution >= 4 is 27.6 Å². The standard InChI is InChI=1S/C22H24N3.Ir/c1-21(2,3)14-11-12-15-17(13-14)24-20(22(4,5)6)25-18-10-8-7-9-16(18)23-19(15)25;/h7-11,13H,1-6H3;/q-1;. The van der Waals surface area contributed by atoms with Crippen LogP contribution in [-0.2, 0) is 30.9 Å². The summed E-state index contributed by atoms with van der Waals surface area (Å²) in [5.74, 6) is 1.03. The maximum atomic E-state index is 5.06. The van der Waals surface area contributed by atoms with E-state index in [0.717, 1.165) is 33.4 Å². The van der Waals surface area contributed by atoms with Gasteiger partial charge in [0.1, 0.15) is 5.82 Å². The molecule has 26 heavy (non-hydrogen) atoms. The van der Waals surface area contributed by atoms with Gasteiger partial charge >= 0.3 is 0 Å². The summed E-state index contributed by atoms with van der Waals surface area (Å²) in [4.78, 5) is 9.96. The van der Waals surface area contributed by atoms with Crippen molar-refractivity contribution in [3.63, 3.8) is 0 Å². The zero-order valence-electron chi connectivity index (χ0n) is 16.1. The number of rotatable bonds is 0. The van der Waals surface area contributed by atoms with Crippen LogP contribution >= 0.6 is 0 Å². The largest absolute Gasteiger partial charge is 0.321 e. The van der Waals surface area contributed by atoms with Crippen molar-refractivity contribution in [2.75, 3.05) is 0 Å². The van der Waals surface area contributed by atoms with Crippen LogP contribution in [0.15, 0.2) is 36.4 Å². The Kier molecular flexibility index (Phi) is 4.49. The zero-order valence-corrected chi connectivity index (χ0v) is 18.5. The predicted molar refractivity (Wildman–Crippen MR) is 104 cm³/mol. The molecule has 0 unspecified atom stereocenters. The molecule has 0 saturated carbocycles. The van der Waals surface area contributed by atoms with Gasteiger partial charge in [-0.15, -0.1) is 23.8 Å². The number of imidazole rings is 1. The van der Waals surface area contributed by atoms with Gasteiger partial charge in [0.25, 0.3) is 0 Å². The Bertz CT molecular complexity index is 1110. The topological polar surface area (TPSA) is 30.2 Å². The number of fused-ring (bicyclic) bond motifs is 5. The van der Waals surface area contributed by atoms with Gasteiger partial charge in [0.2, 0.25) is 0 Å². The molecule has 0 bridgehead atoms. The fraction of sp³-hybridized carbons (Fsp3) is 0.364. The van der Waals surface area contributed by atoms with Crippen molar-refractivity contribution in [3.8, 4) is 0 Å². The fourth-order valence-corrected chi connectivity index (χ4v) is 3.26. The molecule has 0 N–H and O–H groups in total. The molecule has 0 aliphatic rings. The molecule has 1 radical (unpaired) electrons. The van der Waals surface area contributed by atoms with Crippen LogP contribution in [0.4, 0.5) is 0 Å². The molecule has 4 heteroatoms. The van der Waals surface area contributed by atoms with Gasteiger partial charge in [0.05, 0.1) is 16.7 Å². The van der Waals surface area contributed by atoms with Gasteiger partial charge in [-0.05, 0) is 23.1 Å². The number of nitrogens with zero attached hydrogens (tertiary/aromatic N) is 3. The average Bonchev–Trinajstić information content (AvgIpc) is 2.91. The molecule has 0 spiro atoms. The van der Waals surface area contributed by atoms with Gasteiger partial charge in [-0.25, -0.2) is 0 Å². The van der Waals surface area contributed by atoms with Crippen LogP contribution in [0.2, 0.25) is 0 Å². The van der Waals surface area contributed by atoms with Crippen molar-refractivity contribution < 1.29 is 20.1 Å². The van der Waals surface area contributed by atoms with Gasteiger partial charge in [-0.1, -0.05) is 59.1 Å². The van der Waals surface area contributed by atoms with E-state index in [4.69, 9.17) is 9.97 Å². The van der Waals surface area contributed by atoms with E-state index in [-0.39, 0.29) is 30.9 Å². The second-order valence-corrected chi connectivity index (χ2v) is 8.84. The maximum absolute atomic E-state index is 5.06. The first-order valence-electron chi connectivity index (χ1n) is 8.80. The fourth-order valence-electron chi connectivity index (χ4n) is 3.26. The van der Waals surface area contributed by atoms with Gasteiger partial charge in [-0.2, -0.15) is 0 Å². The van der Waals surface area contributed by atoms with Crippen molar-refractivity contribution in [2.24, 2.45) is 0 Å². The summed E-state index contributed by atoms with van der Waals surface area (Å²) in [6, 6.07) is 16.0. The first kappa shape index (κ1) is 19.0. The van der Waals surface area contributed by atoms with Crippen LogP contribution in [0, 0.1) is 6.07 Å². The first-order valence-corrected chi connectivity index (χ1v) is 8.80. The molecule has 2 heterocycles. The third-order valence-electron chi connectivity index (χ3n) is 4.68. The Morgan fingerprint density at radius 2 is 1.58 bits per heavy atom. The Balaban J connectivity index is 0.00000196. The van der Waals surface area contributed by atoms with E-state index < -0.39 is 0 Å². The molecular weight excluding hydrogens is 498 g/mol. The van der Waals surface area contributed by atoms with Gasteiger partial charge in [0.15, 0.2) is 0 Å². The number of para-hydroxylation sites is 2. The Labute approximate surface area is 168 Å². The number of aromatic nitrogens is 3. The number of benzene rings is 2. The van der Waals surface area contributed by atoms with Crippen LogP contribution in [-0.4, -0.2) is 14.4 Å². The van der Waals surface area contributed by atoms with Crippen LogP contribution in [0.25, 0.3) is 27.6 Å². The second-order valence-electron chi connectivity index (χ2n) is 8.84. The molecule has 0 aliphatic carbocycles. The minimum Gasteiger partial charge on any atom is -0.321 e. The van der Waals surface area contributed by atoms with Gasteiger partial charge < -0.3 is 4.40 Å². The number of hydrogen-bond donors (Lipinski definition) is 0. The molecule has 0 fully saturated rings. The summed E-state index contributed by atoms with van der Waals surface area (Å²) in [6.45, 7) is 13.3. The molecule has 4 aromatic rings. The molecule has 3 nitrogen and oxygen atoms in total. The summed E-state index contributed by atoms with van der Waals surface area (Å²) >= 11 is 0. The Morgan fingerprint density at radius 3 is 2.23 bits per heavy atom. The van der Waals surface area contributed by atoms with Crippen molar-refractivity contribution in [1.82, 2.24) is 14.4 Å². The molecule has 2 aromatic heterocycles. The summed E-state index contributed by atoms with van der Waals surface area (Å²) in [5.41, 5.74) is 5.24. The quantitative estimate of drug-likeness (QED) is 0.289. The van der Waals surface area contributed by atoms with E-state index in [0.29, 0.717) is 0 Å². The van der Waals surface area contributed by atoms with Crippen molar-refractivity contribution in [3.05, 3.63) is 53.9 Å². The molecular formula is C22H24IrN3-. The zero-order chi connectivity index (χ0) is 18.0. The molecule has 4 rings (SSSR count). The monoisotopic (exact) mass is 523 g/mol. The molecule has 0 amide bonds. The van der Waals surface area contributed by atoms with Crippen molar-refractivity contribution in [2.45, 2.75) is 52.4 Å². The van der Waals surface area contributed by atoms with Crippen molar-refractivity contribution in [1.29, 1.82) is 0 Å². The smallest absolute Gasteiger partial charge is 0.102 e. The van der Waals surface area contributed by atoms with E-state index in [1.165, 1.54) is 5.56 Å². The maximum Gasteiger partial charge on any atom is 0.102 e. The first-order chi connectivity index (χ1) is 11.7. The van der Waals surface area contributed by atoms with E-state index in [9.17, 15) is 0 Å². The number of hydrogen-bond acceptors (Lipinski definition) is 2. The molecule has 0 atom stereocenters. The summed E-state index contributed by atoms with van der Waals surface area (Å²) in [7, 11) is 0. The molecule has 2 aromatic carbocycles. The van der Waals surface area contributed by atoms with Crippen LogP contribution < -0.4 is 0 Å². The van der Waals surface area contributed by atoms with Gasteiger partial charge in [-0.3, -0.25) is 9.97 Å². The van der Waals surface area contributed by atoms with Crippen LogP contribution in [0.3, 0.4) is 0 Å². The predicted octanol–water partition coefficient (Wildman–Crippen LogP) is 5.43. The molecule has 0 saturated heterocycles. The molecule has 137 valence electrons. The summed E-state index contributed by atoms with van der Waals surface area (Å²) in [6.07, 6.45) is 0. The second kappa shape index (κ2) is 6.14. The summed E-state index contributed by atoms with van der Waals surface area (Å²) in [5, 5.41) is 0.984. The Hall–Kier alpha value is -1.77. The van der Waals surface area contributed by atoms with Crippen LogP contribution in [0.5, 0.6) is 0 Å². The van der Waals surface area contributed by atoms with Gasteiger partial charge in [0, 0.05) is 25.5 Å². The SMILES string of the molecule is CC(C)(C)c1c[c-]c2c(c1)nc(C(C)(C)C)n1c3ccccc3nc21.[Ir]. The van der Waals surface area contributed by atoms with E-state index in [1.54, 1.807) is 0 Å².